The van der Waals surface area contributed by atoms with E-state index < -0.39 is 18.0 Å². The van der Waals surface area contributed by atoms with Gasteiger partial charge in [-0.2, -0.15) is 0 Å². The molecule has 3 amide bonds. The maximum atomic E-state index is 13.7. The van der Waals surface area contributed by atoms with Crippen LogP contribution in [0, 0.1) is 0 Å². The number of carbonyl (C=O) groups excluding carboxylic acids is 3. The zero-order valence-corrected chi connectivity index (χ0v) is 19.3. The van der Waals surface area contributed by atoms with E-state index >= 15 is 0 Å². The Morgan fingerprint density at radius 2 is 1.44 bits per heavy atom. The SMILES string of the molecule is COc1ccc(C(=O)N(C2CC(=O)N(c3ccc(OC)cc3)C2=O)C(C)c2ccccc2)cc1. The minimum Gasteiger partial charge on any atom is -0.497 e. The first kappa shape index (κ1) is 23.0. The van der Waals surface area contributed by atoms with Crippen molar-refractivity contribution in [3.8, 4) is 11.5 Å². The first-order chi connectivity index (χ1) is 16.4. The number of amides is 3. The molecule has 1 saturated heterocycles. The van der Waals surface area contributed by atoms with Gasteiger partial charge in [0.15, 0.2) is 0 Å². The molecule has 0 bridgehead atoms. The van der Waals surface area contributed by atoms with Crippen LogP contribution >= 0.6 is 0 Å². The quantitative estimate of drug-likeness (QED) is 0.495. The molecular formula is C27H26N2O5. The molecule has 2 atom stereocenters. The molecule has 1 heterocycles. The van der Waals surface area contributed by atoms with Gasteiger partial charge in [-0.1, -0.05) is 30.3 Å². The summed E-state index contributed by atoms with van der Waals surface area (Å²) in [5.41, 5.74) is 1.72. The van der Waals surface area contributed by atoms with E-state index in [1.54, 1.807) is 62.8 Å². The Morgan fingerprint density at radius 1 is 0.882 bits per heavy atom. The molecule has 0 aromatic heterocycles. The number of ether oxygens (including phenoxy) is 2. The highest BCUT2D eigenvalue weighted by Gasteiger charge is 2.46. The Bertz CT molecular complexity index is 1180. The van der Waals surface area contributed by atoms with Crippen LogP contribution in [0.5, 0.6) is 11.5 Å². The normalized spacial score (nSPS) is 16.3. The lowest BCUT2D eigenvalue weighted by atomic mass is 10.0. The minimum absolute atomic E-state index is 0.0933. The third-order valence-corrected chi connectivity index (χ3v) is 6.06. The van der Waals surface area contributed by atoms with Crippen molar-refractivity contribution in [1.29, 1.82) is 0 Å². The van der Waals surface area contributed by atoms with Crippen molar-refractivity contribution in [2.24, 2.45) is 0 Å². The number of imide groups is 1. The highest BCUT2D eigenvalue weighted by molar-refractivity contribution is 6.23. The maximum absolute atomic E-state index is 13.7. The maximum Gasteiger partial charge on any atom is 0.257 e. The summed E-state index contributed by atoms with van der Waals surface area (Å²) in [5, 5.41) is 0. The van der Waals surface area contributed by atoms with Gasteiger partial charge in [0.1, 0.15) is 17.5 Å². The summed E-state index contributed by atoms with van der Waals surface area (Å²) >= 11 is 0. The molecule has 0 saturated carbocycles. The minimum atomic E-state index is -0.931. The number of nitrogens with zero attached hydrogens (tertiary/aromatic N) is 2. The zero-order chi connectivity index (χ0) is 24.2. The van der Waals surface area contributed by atoms with Gasteiger partial charge < -0.3 is 14.4 Å². The summed E-state index contributed by atoms with van der Waals surface area (Å²) < 4.78 is 10.4. The second-order valence-corrected chi connectivity index (χ2v) is 8.01. The number of rotatable bonds is 7. The molecule has 1 fully saturated rings. The van der Waals surface area contributed by atoms with E-state index in [1.807, 2.05) is 37.3 Å². The van der Waals surface area contributed by atoms with Crippen LogP contribution in [-0.4, -0.2) is 42.9 Å². The number of hydrogen-bond acceptors (Lipinski definition) is 5. The second kappa shape index (κ2) is 9.79. The van der Waals surface area contributed by atoms with E-state index in [0.29, 0.717) is 22.7 Å². The highest BCUT2D eigenvalue weighted by Crippen LogP contribution is 2.33. The fraction of sp³-hybridized carbons (Fsp3) is 0.222. The zero-order valence-electron chi connectivity index (χ0n) is 19.3. The lowest BCUT2D eigenvalue weighted by Gasteiger charge is -2.33. The van der Waals surface area contributed by atoms with Gasteiger partial charge in [0.25, 0.3) is 11.8 Å². The molecule has 34 heavy (non-hydrogen) atoms. The van der Waals surface area contributed by atoms with Crippen LogP contribution in [0.1, 0.15) is 35.3 Å². The molecule has 7 nitrogen and oxygen atoms in total. The third kappa shape index (κ3) is 4.37. The van der Waals surface area contributed by atoms with Crippen LogP contribution < -0.4 is 14.4 Å². The van der Waals surface area contributed by atoms with Crippen molar-refractivity contribution in [3.63, 3.8) is 0 Å². The Balaban J connectivity index is 1.71. The van der Waals surface area contributed by atoms with Gasteiger partial charge in [-0.05, 0) is 61.0 Å². The standard InChI is InChI=1S/C27H26N2O5/c1-18(19-7-5-4-6-8-19)28(26(31)20-9-13-22(33-2)14-10-20)24-17-25(30)29(27(24)32)21-11-15-23(34-3)16-12-21/h4-16,18,24H,17H2,1-3H3. The smallest absolute Gasteiger partial charge is 0.257 e. The Morgan fingerprint density at radius 3 is 2.00 bits per heavy atom. The number of benzene rings is 3. The fourth-order valence-electron chi connectivity index (χ4n) is 4.20. The molecule has 0 spiro atoms. The van der Waals surface area contributed by atoms with E-state index in [1.165, 1.54) is 4.90 Å². The first-order valence-electron chi connectivity index (χ1n) is 11.0. The average molecular weight is 459 g/mol. The highest BCUT2D eigenvalue weighted by atomic mass is 16.5. The Kier molecular flexibility index (Phi) is 6.63. The van der Waals surface area contributed by atoms with Crippen LogP contribution in [0.4, 0.5) is 5.69 Å². The first-order valence-corrected chi connectivity index (χ1v) is 11.0. The van der Waals surface area contributed by atoms with Crippen molar-refractivity contribution in [3.05, 3.63) is 90.0 Å². The Labute approximate surface area is 198 Å². The lowest BCUT2D eigenvalue weighted by molar-refractivity contribution is -0.122. The monoisotopic (exact) mass is 458 g/mol. The van der Waals surface area contributed by atoms with Gasteiger partial charge in [0, 0.05) is 5.56 Å². The molecule has 174 valence electrons. The van der Waals surface area contributed by atoms with Gasteiger partial charge in [-0.15, -0.1) is 0 Å². The van der Waals surface area contributed by atoms with Crippen LogP contribution in [-0.2, 0) is 9.59 Å². The van der Waals surface area contributed by atoms with Crippen LogP contribution in [0.2, 0.25) is 0 Å². The molecular weight excluding hydrogens is 432 g/mol. The predicted octanol–water partition coefficient (Wildman–Crippen LogP) is 4.24. The van der Waals surface area contributed by atoms with Gasteiger partial charge in [0.05, 0.1) is 32.4 Å². The molecule has 4 rings (SSSR count). The van der Waals surface area contributed by atoms with E-state index in [-0.39, 0.29) is 18.2 Å². The van der Waals surface area contributed by atoms with Crippen molar-refractivity contribution in [2.45, 2.75) is 25.4 Å². The van der Waals surface area contributed by atoms with E-state index in [4.69, 9.17) is 9.47 Å². The van der Waals surface area contributed by atoms with Crippen LogP contribution in [0.15, 0.2) is 78.9 Å². The topological polar surface area (TPSA) is 76.2 Å². The summed E-state index contributed by atoms with van der Waals surface area (Å²) in [5.74, 6) is 0.125. The lowest BCUT2D eigenvalue weighted by Crippen LogP contribution is -2.46. The number of methoxy groups -OCH3 is 2. The largest absolute Gasteiger partial charge is 0.497 e. The molecule has 2 unspecified atom stereocenters. The fourth-order valence-corrected chi connectivity index (χ4v) is 4.20. The Hall–Kier alpha value is -4.13. The van der Waals surface area contributed by atoms with Gasteiger partial charge >= 0.3 is 0 Å². The van der Waals surface area contributed by atoms with Gasteiger partial charge in [-0.3, -0.25) is 14.4 Å². The van der Waals surface area contributed by atoms with E-state index in [0.717, 1.165) is 10.5 Å². The number of carbonyl (C=O) groups is 3. The predicted molar refractivity (Wildman–Crippen MR) is 128 cm³/mol. The van der Waals surface area contributed by atoms with Crippen molar-refractivity contribution >= 4 is 23.4 Å². The average Bonchev–Trinajstić information content (AvgIpc) is 3.17. The van der Waals surface area contributed by atoms with E-state index in [9.17, 15) is 14.4 Å². The summed E-state index contributed by atoms with van der Waals surface area (Å²) in [4.78, 5) is 42.9. The molecule has 1 aliphatic rings. The summed E-state index contributed by atoms with van der Waals surface area (Å²) in [6.07, 6.45) is -0.0933. The van der Waals surface area contributed by atoms with Gasteiger partial charge in [-0.25, -0.2) is 4.90 Å². The number of anilines is 1. The van der Waals surface area contributed by atoms with Gasteiger partial charge in [0.2, 0.25) is 5.91 Å². The summed E-state index contributed by atoms with van der Waals surface area (Å²) in [7, 11) is 3.10. The van der Waals surface area contributed by atoms with Crippen LogP contribution in [0.25, 0.3) is 0 Å². The third-order valence-electron chi connectivity index (χ3n) is 6.06. The van der Waals surface area contributed by atoms with Crippen LogP contribution in [0.3, 0.4) is 0 Å². The molecule has 3 aromatic rings. The molecule has 0 aliphatic carbocycles. The summed E-state index contributed by atoms with van der Waals surface area (Å²) in [6.45, 7) is 1.87. The van der Waals surface area contributed by atoms with E-state index in [2.05, 4.69) is 0 Å². The summed E-state index contributed by atoms with van der Waals surface area (Å²) in [6, 6.07) is 21.5. The molecule has 1 aliphatic heterocycles. The van der Waals surface area contributed by atoms with Crippen molar-refractivity contribution in [2.75, 3.05) is 19.1 Å². The molecule has 7 heteroatoms. The number of hydrogen-bond donors (Lipinski definition) is 0. The molecule has 3 aromatic carbocycles. The van der Waals surface area contributed by atoms with Crippen molar-refractivity contribution in [1.82, 2.24) is 4.90 Å². The van der Waals surface area contributed by atoms with Crippen molar-refractivity contribution < 1.29 is 23.9 Å². The second-order valence-electron chi connectivity index (χ2n) is 8.01. The molecule has 0 radical (unpaired) electrons. The molecule has 0 N–H and O–H groups in total.